The Morgan fingerprint density at radius 1 is 1.58 bits per heavy atom. The summed E-state index contributed by atoms with van der Waals surface area (Å²) in [6.45, 7) is 3.03. The molecule has 1 saturated heterocycles. The Balaban J connectivity index is 2.35. The van der Waals surface area contributed by atoms with Gasteiger partial charge in [-0.15, -0.1) is 0 Å². The largest absolute Gasteiger partial charge is 0.478 e. The van der Waals surface area contributed by atoms with Crippen molar-refractivity contribution in [3.63, 3.8) is 0 Å². The van der Waals surface area contributed by atoms with Crippen LogP contribution in [0.25, 0.3) is 0 Å². The van der Waals surface area contributed by atoms with E-state index >= 15 is 0 Å². The zero-order valence-electron chi connectivity index (χ0n) is 11.3. The van der Waals surface area contributed by atoms with Crippen molar-refractivity contribution in [1.82, 2.24) is 4.98 Å². The van der Waals surface area contributed by atoms with Gasteiger partial charge in [-0.2, -0.15) is 0 Å². The zero-order valence-corrected chi connectivity index (χ0v) is 11.3. The number of aromatic carboxylic acids is 1. The highest BCUT2D eigenvalue weighted by atomic mass is 16.4. The highest BCUT2D eigenvalue weighted by Gasteiger charge is 2.26. The molecule has 1 atom stereocenters. The maximum atomic E-state index is 11.4. The molecule has 1 unspecified atom stereocenters. The fraction of sp³-hybridized carbons (Fsp3) is 0.571. The molecular formula is C14H21N3O2. The van der Waals surface area contributed by atoms with Crippen LogP contribution in [0.4, 0.5) is 11.5 Å². The number of pyridine rings is 1. The summed E-state index contributed by atoms with van der Waals surface area (Å²) >= 11 is 0. The van der Waals surface area contributed by atoms with Gasteiger partial charge in [-0.25, -0.2) is 9.78 Å². The van der Waals surface area contributed by atoms with E-state index in [4.69, 9.17) is 5.73 Å². The Bertz CT molecular complexity index is 460. The summed E-state index contributed by atoms with van der Waals surface area (Å²) in [4.78, 5) is 17.8. The van der Waals surface area contributed by atoms with Gasteiger partial charge in [-0.1, -0.05) is 13.3 Å². The number of piperidine rings is 1. The number of aromatic nitrogens is 1. The van der Waals surface area contributed by atoms with E-state index in [0.717, 1.165) is 32.2 Å². The second-order valence-corrected chi connectivity index (χ2v) is 5.08. The lowest BCUT2D eigenvalue weighted by Gasteiger charge is -2.37. The molecule has 1 aliphatic heterocycles. The minimum absolute atomic E-state index is 0.211. The van der Waals surface area contributed by atoms with Gasteiger partial charge in [0.25, 0.3) is 0 Å². The van der Waals surface area contributed by atoms with Gasteiger partial charge in [0.05, 0.1) is 11.9 Å². The Labute approximate surface area is 113 Å². The van der Waals surface area contributed by atoms with Gasteiger partial charge in [0.15, 0.2) is 0 Å². The fourth-order valence-corrected chi connectivity index (χ4v) is 2.77. The van der Waals surface area contributed by atoms with Crippen molar-refractivity contribution >= 4 is 17.5 Å². The molecule has 2 rings (SSSR count). The number of nitrogen functional groups attached to an aromatic ring is 1. The van der Waals surface area contributed by atoms with Crippen LogP contribution in [0.5, 0.6) is 0 Å². The van der Waals surface area contributed by atoms with E-state index in [9.17, 15) is 9.90 Å². The standard InChI is InChI=1S/C14H21N3O2/c1-2-5-11-6-3-4-7-17(11)13-12(14(18)19)8-10(15)9-16-13/h8-9,11H,2-7,15H2,1H3,(H,18,19). The molecule has 0 aliphatic carbocycles. The number of carbonyl (C=O) groups is 1. The van der Waals surface area contributed by atoms with Crippen LogP contribution in [-0.4, -0.2) is 28.6 Å². The maximum Gasteiger partial charge on any atom is 0.339 e. The number of hydrogen-bond donors (Lipinski definition) is 2. The number of carboxylic acid groups (broad SMARTS) is 1. The molecule has 0 spiro atoms. The first-order valence-electron chi connectivity index (χ1n) is 6.89. The maximum absolute atomic E-state index is 11.4. The molecule has 2 heterocycles. The zero-order chi connectivity index (χ0) is 13.8. The van der Waals surface area contributed by atoms with Crippen LogP contribution >= 0.6 is 0 Å². The molecule has 19 heavy (non-hydrogen) atoms. The number of nitrogens with zero attached hydrogens (tertiary/aromatic N) is 2. The normalized spacial score (nSPS) is 19.4. The van der Waals surface area contributed by atoms with Crippen LogP contribution in [0.1, 0.15) is 49.4 Å². The van der Waals surface area contributed by atoms with E-state index in [1.54, 1.807) is 6.20 Å². The Hall–Kier alpha value is -1.78. The second-order valence-electron chi connectivity index (χ2n) is 5.08. The first kappa shape index (κ1) is 13.6. The van der Waals surface area contributed by atoms with Crippen molar-refractivity contribution in [3.8, 4) is 0 Å². The van der Waals surface area contributed by atoms with Crippen LogP contribution in [0.2, 0.25) is 0 Å². The average molecular weight is 263 g/mol. The molecule has 0 bridgehead atoms. The number of anilines is 2. The second kappa shape index (κ2) is 5.91. The molecule has 1 aliphatic rings. The molecule has 0 radical (unpaired) electrons. The minimum Gasteiger partial charge on any atom is -0.478 e. The molecule has 104 valence electrons. The van der Waals surface area contributed by atoms with E-state index in [0.29, 0.717) is 17.5 Å². The summed E-state index contributed by atoms with van der Waals surface area (Å²) < 4.78 is 0. The number of hydrogen-bond acceptors (Lipinski definition) is 4. The predicted octanol–water partition coefficient (Wildman–Crippen LogP) is 2.52. The van der Waals surface area contributed by atoms with Crippen molar-refractivity contribution in [3.05, 3.63) is 17.8 Å². The predicted molar refractivity (Wildman–Crippen MR) is 75.5 cm³/mol. The highest BCUT2D eigenvalue weighted by molar-refractivity contribution is 5.94. The minimum atomic E-state index is -0.962. The summed E-state index contributed by atoms with van der Waals surface area (Å²) in [7, 11) is 0. The summed E-state index contributed by atoms with van der Waals surface area (Å²) in [6.07, 6.45) is 7.12. The molecule has 0 saturated carbocycles. The topological polar surface area (TPSA) is 79.5 Å². The van der Waals surface area contributed by atoms with Gasteiger partial charge in [-0.05, 0) is 31.7 Å². The molecule has 5 heteroatoms. The lowest BCUT2D eigenvalue weighted by atomic mass is 9.97. The number of nitrogens with two attached hydrogens (primary N) is 1. The van der Waals surface area contributed by atoms with Crippen molar-refractivity contribution in [2.45, 2.75) is 45.1 Å². The molecule has 1 fully saturated rings. The fourth-order valence-electron chi connectivity index (χ4n) is 2.77. The first-order chi connectivity index (χ1) is 9.13. The van der Waals surface area contributed by atoms with Crippen molar-refractivity contribution in [1.29, 1.82) is 0 Å². The summed E-state index contributed by atoms with van der Waals surface area (Å²) in [5, 5.41) is 9.31. The SMILES string of the molecule is CCCC1CCCCN1c1ncc(N)cc1C(=O)O. The molecule has 5 nitrogen and oxygen atoms in total. The lowest BCUT2D eigenvalue weighted by Crippen LogP contribution is -2.40. The highest BCUT2D eigenvalue weighted by Crippen LogP contribution is 2.29. The Kier molecular flexibility index (Phi) is 4.24. The third-order valence-corrected chi connectivity index (χ3v) is 3.64. The monoisotopic (exact) mass is 263 g/mol. The van der Waals surface area contributed by atoms with Crippen LogP contribution in [-0.2, 0) is 0 Å². The molecule has 0 aromatic carbocycles. The summed E-state index contributed by atoms with van der Waals surface area (Å²) in [5.74, 6) is -0.393. The molecule has 1 aromatic heterocycles. The van der Waals surface area contributed by atoms with Crippen LogP contribution in [0, 0.1) is 0 Å². The van der Waals surface area contributed by atoms with Gasteiger partial charge in [0.1, 0.15) is 11.4 Å². The van der Waals surface area contributed by atoms with E-state index in [1.807, 2.05) is 0 Å². The number of carboxylic acids is 1. The molecule has 3 N–H and O–H groups in total. The van der Waals surface area contributed by atoms with Crippen molar-refractivity contribution in [2.24, 2.45) is 0 Å². The van der Waals surface area contributed by atoms with E-state index < -0.39 is 5.97 Å². The van der Waals surface area contributed by atoms with Crippen molar-refractivity contribution < 1.29 is 9.90 Å². The quantitative estimate of drug-likeness (QED) is 0.872. The van der Waals surface area contributed by atoms with Crippen LogP contribution in [0.3, 0.4) is 0 Å². The van der Waals surface area contributed by atoms with Gasteiger partial charge in [-0.3, -0.25) is 0 Å². The smallest absolute Gasteiger partial charge is 0.339 e. The van der Waals surface area contributed by atoms with E-state index in [1.165, 1.54) is 12.5 Å². The van der Waals surface area contributed by atoms with Gasteiger partial charge >= 0.3 is 5.97 Å². The van der Waals surface area contributed by atoms with Crippen LogP contribution < -0.4 is 10.6 Å². The summed E-state index contributed by atoms with van der Waals surface area (Å²) in [5.41, 5.74) is 6.25. The average Bonchev–Trinajstić information content (AvgIpc) is 2.40. The Morgan fingerprint density at radius 3 is 3.05 bits per heavy atom. The van der Waals surface area contributed by atoms with Gasteiger partial charge in [0.2, 0.25) is 0 Å². The molecular weight excluding hydrogens is 242 g/mol. The van der Waals surface area contributed by atoms with Crippen molar-refractivity contribution in [2.75, 3.05) is 17.2 Å². The van der Waals surface area contributed by atoms with E-state index in [-0.39, 0.29) is 5.56 Å². The van der Waals surface area contributed by atoms with E-state index in [2.05, 4.69) is 16.8 Å². The van der Waals surface area contributed by atoms with Gasteiger partial charge in [0, 0.05) is 12.6 Å². The molecule has 1 aromatic rings. The number of rotatable bonds is 4. The first-order valence-corrected chi connectivity index (χ1v) is 6.89. The lowest BCUT2D eigenvalue weighted by molar-refractivity contribution is 0.0697. The summed E-state index contributed by atoms with van der Waals surface area (Å²) in [6, 6.07) is 1.90. The van der Waals surface area contributed by atoms with Crippen LogP contribution in [0.15, 0.2) is 12.3 Å². The third kappa shape index (κ3) is 2.97. The van der Waals surface area contributed by atoms with Gasteiger partial charge < -0.3 is 15.7 Å². The Morgan fingerprint density at radius 2 is 2.37 bits per heavy atom. The molecule has 0 amide bonds. The third-order valence-electron chi connectivity index (χ3n) is 3.64.